The Morgan fingerprint density at radius 2 is 2.03 bits per heavy atom. The van der Waals surface area contributed by atoms with Crippen molar-refractivity contribution in [3.05, 3.63) is 54.0 Å². The van der Waals surface area contributed by atoms with Crippen LogP contribution in [0.2, 0.25) is 0 Å². The number of likely N-dealkylation sites (N-methyl/N-ethyl adjacent to an activating group) is 1. The van der Waals surface area contributed by atoms with E-state index in [1.54, 1.807) is 20.3 Å². The summed E-state index contributed by atoms with van der Waals surface area (Å²) in [6, 6.07) is 11.4. The second kappa shape index (κ2) is 9.29. The van der Waals surface area contributed by atoms with Crippen molar-refractivity contribution in [2.24, 2.45) is 10.1 Å². The number of aromatic nitrogens is 4. The van der Waals surface area contributed by atoms with Gasteiger partial charge in [-0.1, -0.05) is 6.07 Å². The molecule has 0 fully saturated rings. The van der Waals surface area contributed by atoms with Gasteiger partial charge in [-0.15, -0.1) is 15.0 Å². The molecule has 0 saturated carbocycles. The molecular formula is C23H26N8O2. The number of nitrogens with zero attached hydrogens (tertiary/aromatic N) is 8. The van der Waals surface area contributed by atoms with Crippen LogP contribution in [0.4, 0.5) is 11.4 Å². The summed E-state index contributed by atoms with van der Waals surface area (Å²) in [5.74, 6) is 0.516. The molecule has 1 aromatic carbocycles. The molecule has 3 heterocycles. The Kier molecular flexibility index (Phi) is 6.27. The second-order valence-electron chi connectivity index (χ2n) is 7.75. The monoisotopic (exact) mass is 446 g/mol. The highest BCUT2D eigenvalue weighted by Crippen LogP contribution is 2.27. The molecular weight excluding hydrogens is 420 g/mol. The first-order valence-corrected chi connectivity index (χ1v) is 10.7. The molecule has 1 aliphatic heterocycles. The number of hydrogen-bond acceptors (Lipinski definition) is 8. The maximum atomic E-state index is 12.8. The molecule has 0 bridgehead atoms. The zero-order valence-corrected chi connectivity index (χ0v) is 19.1. The number of anilines is 1. The topological polar surface area (TPSA) is 112 Å². The first-order valence-electron chi connectivity index (χ1n) is 10.7. The lowest BCUT2D eigenvalue weighted by molar-refractivity contribution is -0.121. The van der Waals surface area contributed by atoms with Crippen LogP contribution in [0.3, 0.4) is 0 Å². The number of pyridine rings is 1. The Balaban J connectivity index is 1.77. The number of amides is 1. The Hall–Kier alpha value is -3.92. The van der Waals surface area contributed by atoms with Gasteiger partial charge in [0.15, 0.2) is 5.71 Å². The molecule has 2 aromatic heterocycles. The average molecular weight is 447 g/mol. The first kappa shape index (κ1) is 22.3. The quantitative estimate of drug-likeness (QED) is 0.593. The van der Waals surface area contributed by atoms with Crippen molar-refractivity contribution >= 4 is 28.7 Å². The van der Waals surface area contributed by atoms with E-state index in [9.17, 15) is 9.90 Å². The fourth-order valence-electron chi connectivity index (χ4n) is 3.50. The molecule has 4 rings (SSSR count). The van der Waals surface area contributed by atoms with Crippen molar-refractivity contribution in [2.75, 3.05) is 38.7 Å². The van der Waals surface area contributed by atoms with E-state index in [-0.39, 0.29) is 18.2 Å². The number of benzene rings is 1. The van der Waals surface area contributed by atoms with E-state index in [1.165, 1.54) is 9.69 Å². The Morgan fingerprint density at radius 3 is 2.67 bits per heavy atom. The molecule has 0 saturated heterocycles. The van der Waals surface area contributed by atoms with Crippen molar-refractivity contribution in [3.63, 3.8) is 0 Å². The Bertz CT molecular complexity index is 1230. The van der Waals surface area contributed by atoms with Crippen LogP contribution in [-0.4, -0.2) is 81.0 Å². The van der Waals surface area contributed by atoms with Gasteiger partial charge in [0.05, 0.1) is 12.3 Å². The third kappa shape index (κ3) is 4.37. The van der Waals surface area contributed by atoms with Gasteiger partial charge in [0.25, 0.3) is 5.91 Å². The highest BCUT2D eigenvalue weighted by Gasteiger charge is 2.33. The number of carbonyl (C=O) groups is 1. The van der Waals surface area contributed by atoms with Gasteiger partial charge in [-0.2, -0.15) is 0 Å². The fourth-order valence-corrected chi connectivity index (χ4v) is 3.50. The number of carbonyl (C=O) groups excluding carboxylic acids is 1. The lowest BCUT2D eigenvalue weighted by atomic mass is 10.1. The Morgan fingerprint density at radius 1 is 1.21 bits per heavy atom. The molecule has 10 heteroatoms. The first-order chi connectivity index (χ1) is 15.9. The second-order valence-corrected chi connectivity index (χ2v) is 7.75. The fraction of sp³-hybridized carbons (Fsp3) is 0.304. The molecule has 0 spiro atoms. The van der Waals surface area contributed by atoms with Crippen molar-refractivity contribution < 1.29 is 9.90 Å². The van der Waals surface area contributed by atoms with Crippen LogP contribution in [0.5, 0.6) is 0 Å². The third-order valence-corrected chi connectivity index (χ3v) is 5.25. The van der Waals surface area contributed by atoms with Crippen LogP contribution in [0, 0.1) is 6.92 Å². The minimum absolute atomic E-state index is 0.0810. The zero-order chi connectivity index (χ0) is 23.5. The summed E-state index contributed by atoms with van der Waals surface area (Å²) in [5, 5.41) is 18.1. The molecule has 3 aromatic rings. The summed E-state index contributed by atoms with van der Waals surface area (Å²) >= 11 is 0. The van der Waals surface area contributed by atoms with E-state index in [4.69, 9.17) is 4.99 Å². The van der Waals surface area contributed by atoms with Gasteiger partial charge in [0.1, 0.15) is 11.4 Å². The summed E-state index contributed by atoms with van der Waals surface area (Å²) in [6.45, 7) is 5.41. The summed E-state index contributed by atoms with van der Waals surface area (Å²) in [4.78, 5) is 31.3. The van der Waals surface area contributed by atoms with Crippen LogP contribution >= 0.6 is 0 Å². The third-order valence-electron chi connectivity index (χ3n) is 5.25. The van der Waals surface area contributed by atoms with E-state index >= 15 is 0 Å². The van der Waals surface area contributed by atoms with Gasteiger partial charge < -0.3 is 14.9 Å². The van der Waals surface area contributed by atoms with Crippen LogP contribution in [-0.2, 0) is 4.79 Å². The van der Waals surface area contributed by atoms with Crippen molar-refractivity contribution in [1.82, 2.24) is 24.8 Å². The van der Waals surface area contributed by atoms with Crippen LogP contribution in [0.1, 0.15) is 18.3 Å². The largest absolute Gasteiger partial charge is 0.395 e. The predicted octanol–water partition coefficient (Wildman–Crippen LogP) is 1.89. The van der Waals surface area contributed by atoms with Gasteiger partial charge in [0.2, 0.25) is 11.6 Å². The average Bonchev–Trinajstić information content (AvgIpc) is 3.38. The standard InChI is InChI=1S/C23H26N8O2/c1-5-30(12-13-32)16-9-10-17(15(2)14-16)25-19-20(23(33)29(3)4)27-31-22(19)26-21(28-31)18-8-6-7-11-24-18/h6-11,14,32H,5,12-13H2,1-4H3. The molecule has 0 unspecified atom stereocenters. The normalized spacial score (nSPS) is 13.7. The molecule has 10 nitrogen and oxygen atoms in total. The SMILES string of the molecule is CCN(CCO)c1ccc(N=C2C(C(=O)N(C)C)=Nn3nc(-c4ccccn4)nc32)c(C)c1. The van der Waals surface area contributed by atoms with Gasteiger partial charge in [-0.3, -0.25) is 9.78 Å². The number of aliphatic hydroxyl groups is 1. The van der Waals surface area contributed by atoms with Gasteiger partial charge >= 0.3 is 0 Å². The highest BCUT2D eigenvalue weighted by atomic mass is 16.3. The van der Waals surface area contributed by atoms with E-state index in [0.29, 0.717) is 35.3 Å². The number of aryl methyl sites for hydroxylation is 1. The lowest BCUT2D eigenvalue weighted by Gasteiger charge is -2.22. The Labute approximate surface area is 191 Å². The summed E-state index contributed by atoms with van der Waals surface area (Å²) in [5.41, 5.74) is 3.78. The van der Waals surface area contributed by atoms with Crippen molar-refractivity contribution in [2.45, 2.75) is 13.8 Å². The number of rotatable bonds is 7. The van der Waals surface area contributed by atoms with Crippen LogP contribution in [0.25, 0.3) is 11.5 Å². The molecule has 0 aliphatic carbocycles. The minimum atomic E-state index is -0.283. The summed E-state index contributed by atoms with van der Waals surface area (Å²) < 4.78 is 0. The van der Waals surface area contributed by atoms with Crippen molar-refractivity contribution in [1.29, 1.82) is 0 Å². The van der Waals surface area contributed by atoms with E-state index in [0.717, 1.165) is 17.8 Å². The number of fused-ring (bicyclic) bond motifs is 1. The molecule has 33 heavy (non-hydrogen) atoms. The van der Waals surface area contributed by atoms with Gasteiger partial charge in [-0.05, 0) is 49.7 Å². The van der Waals surface area contributed by atoms with E-state index in [2.05, 4.69) is 25.1 Å². The molecule has 1 amide bonds. The maximum Gasteiger partial charge on any atom is 0.276 e. The van der Waals surface area contributed by atoms with E-state index in [1.807, 2.05) is 50.2 Å². The number of hydrogen-bond donors (Lipinski definition) is 1. The number of aliphatic imine (C=N–C) groups is 1. The molecule has 170 valence electrons. The lowest BCUT2D eigenvalue weighted by Crippen LogP contribution is -2.34. The summed E-state index contributed by atoms with van der Waals surface area (Å²) in [6.07, 6.45) is 1.67. The minimum Gasteiger partial charge on any atom is -0.395 e. The molecule has 0 atom stereocenters. The van der Waals surface area contributed by atoms with Gasteiger partial charge in [0, 0.05) is 39.1 Å². The van der Waals surface area contributed by atoms with Crippen LogP contribution in [0.15, 0.2) is 52.7 Å². The number of aliphatic hydroxyl groups excluding tert-OH is 1. The zero-order valence-electron chi connectivity index (χ0n) is 19.1. The van der Waals surface area contributed by atoms with Gasteiger partial charge in [-0.25, -0.2) is 9.98 Å². The molecule has 1 aliphatic rings. The molecule has 1 N–H and O–H groups in total. The molecule has 0 radical (unpaired) electrons. The predicted molar refractivity (Wildman–Crippen MR) is 127 cm³/mol. The highest BCUT2D eigenvalue weighted by molar-refractivity contribution is 6.70. The smallest absolute Gasteiger partial charge is 0.276 e. The summed E-state index contributed by atoms with van der Waals surface area (Å²) in [7, 11) is 3.33. The van der Waals surface area contributed by atoms with Crippen LogP contribution < -0.4 is 4.90 Å². The maximum absolute atomic E-state index is 12.8. The van der Waals surface area contributed by atoms with E-state index < -0.39 is 0 Å². The van der Waals surface area contributed by atoms with Crippen molar-refractivity contribution in [3.8, 4) is 11.5 Å².